The monoisotopic (exact) mass is 521 g/mol. The lowest BCUT2D eigenvalue weighted by atomic mass is 10.1. The van der Waals surface area contributed by atoms with E-state index in [1.165, 1.54) is 18.0 Å². The second kappa shape index (κ2) is 11.6. The van der Waals surface area contributed by atoms with Gasteiger partial charge < -0.3 is 20.1 Å². The molecule has 1 fully saturated rings. The van der Waals surface area contributed by atoms with E-state index in [-0.39, 0.29) is 11.8 Å². The first kappa shape index (κ1) is 24.4. The zero-order valence-electron chi connectivity index (χ0n) is 19.4. The van der Waals surface area contributed by atoms with Crippen LogP contribution in [-0.2, 0) is 0 Å². The van der Waals surface area contributed by atoms with Crippen LogP contribution in [0.15, 0.2) is 83.9 Å². The third kappa shape index (κ3) is 6.07. The van der Waals surface area contributed by atoms with Gasteiger partial charge in [0.25, 0.3) is 0 Å². The maximum atomic E-state index is 15.0. The van der Waals surface area contributed by atoms with Gasteiger partial charge in [0.2, 0.25) is 5.95 Å². The second-order valence-electron chi connectivity index (χ2n) is 8.33. The van der Waals surface area contributed by atoms with Gasteiger partial charge in [0.05, 0.1) is 10.7 Å². The SMILES string of the molecule is Fc1cc(NSc2ccccc2Cl)ccc1Oc1ccccc1-c1ccnc(NC2CCCNC2)n1. The Balaban J connectivity index is 1.31. The van der Waals surface area contributed by atoms with Crippen molar-refractivity contribution in [1.82, 2.24) is 15.3 Å². The molecular formula is C27H25ClFN5OS. The minimum atomic E-state index is -0.482. The van der Waals surface area contributed by atoms with Crippen molar-refractivity contribution in [3.05, 3.63) is 89.8 Å². The summed E-state index contributed by atoms with van der Waals surface area (Å²) < 4.78 is 24.1. The maximum absolute atomic E-state index is 15.0. The Kier molecular flexibility index (Phi) is 7.85. The highest BCUT2D eigenvalue weighted by molar-refractivity contribution is 8.00. The van der Waals surface area contributed by atoms with Gasteiger partial charge in [-0.05, 0) is 73.8 Å². The molecule has 0 aliphatic carbocycles. The molecule has 1 aliphatic heterocycles. The summed E-state index contributed by atoms with van der Waals surface area (Å²) in [7, 11) is 0. The molecule has 5 rings (SSSR count). The lowest BCUT2D eigenvalue weighted by Crippen LogP contribution is -2.38. The zero-order chi connectivity index (χ0) is 24.7. The third-order valence-corrected chi connectivity index (χ3v) is 7.07. The van der Waals surface area contributed by atoms with Crippen LogP contribution < -0.4 is 20.1 Å². The summed E-state index contributed by atoms with van der Waals surface area (Å²) >= 11 is 7.51. The molecule has 1 unspecified atom stereocenters. The molecule has 1 aliphatic rings. The molecule has 0 spiro atoms. The van der Waals surface area contributed by atoms with E-state index in [1.54, 1.807) is 24.4 Å². The predicted octanol–water partition coefficient (Wildman–Crippen LogP) is 7.01. The molecule has 2 heterocycles. The van der Waals surface area contributed by atoms with Gasteiger partial charge in [-0.15, -0.1) is 0 Å². The van der Waals surface area contributed by atoms with E-state index in [9.17, 15) is 4.39 Å². The van der Waals surface area contributed by atoms with Crippen molar-refractivity contribution in [1.29, 1.82) is 0 Å². The van der Waals surface area contributed by atoms with Crippen LogP contribution in [-0.4, -0.2) is 29.1 Å². The topological polar surface area (TPSA) is 71.1 Å². The molecule has 0 bridgehead atoms. The summed E-state index contributed by atoms with van der Waals surface area (Å²) in [6.45, 7) is 1.92. The van der Waals surface area contributed by atoms with Crippen LogP contribution in [0.2, 0.25) is 5.02 Å². The first-order valence-electron chi connectivity index (χ1n) is 11.7. The molecule has 0 saturated carbocycles. The highest BCUT2D eigenvalue weighted by Crippen LogP contribution is 2.35. The first-order valence-corrected chi connectivity index (χ1v) is 12.9. The number of aromatic nitrogens is 2. The van der Waals surface area contributed by atoms with Crippen LogP contribution in [0.1, 0.15) is 12.8 Å². The van der Waals surface area contributed by atoms with Gasteiger partial charge in [-0.3, -0.25) is 0 Å². The molecule has 1 aromatic heterocycles. The third-order valence-electron chi connectivity index (χ3n) is 5.72. The second-order valence-corrected chi connectivity index (χ2v) is 9.59. The highest BCUT2D eigenvalue weighted by atomic mass is 35.5. The van der Waals surface area contributed by atoms with Crippen molar-refractivity contribution in [3.8, 4) is 22.8 Å². The van der Waals surface area contributed by atoms with Gasteiger partial charge >= 0.3 is 0 Å². The number of nitrogens with zero attached hydrogens (tertiary/aromatic N) is 2. The normalized spacial score (nSPS) is 15.3. The Bertz CT molecular complexity index is 1340. The van der Waals surface area contributed by atoms with Crippen LogP contribution in [0.5, 0.6) is 11.5 Å². The molecule has 1 atom stereocenters. The van der Waals surface area contributed by atoms with Crippen molar-refractivity contribution >= 4 is 35.2 Å². The van der Waals surface area contributed by atoms with E-state index in [1.807, 2.05) is 48.5 Å². The largest absolute Gasteiger partial charge is 0.454 e. The summed E-state index contributed by atoms with van der Waals surface area (Å²) in [4.78, 5) is 9.92. The number of benzene rings is 3. The number of rotatable bonds is 8. The minimum Gasteiger partial charge on any atom is -0.454 e. The Morgan fingerprint density at radius 1 is 1.03 bits per heavy atom. The fourth-order valence-electron chi connectivity index (χ4n) is 3.91. The summed E-state index contributed by atoms with van der Waals surface area (Å²) in [5, 5.41) is 7.41. The smallest absolute Gasteiger partial charge is 0.223 e. The van der Waals surface area contributed by atoms with Crippen molar-refractivity contribution in [3.63, 3.8) is 0 Å². The lowest BCUT2D eigenvalue weighted by molar-refractivity contribution is 0.444. The lowest BCUT2D eigenvalue weighted by Gasteiger charge is -2.23. The Morgan fingerprint density at radius 2 is 1.89 bits per heavy atom. The van der Waals surface area contributed by atoms with Crippen molar-refractivity contribution in [2.45, 2.75) is 23.8 Å². The highest BCUT2D eigenvalue weighted by Gasteiger charge is 2.16. The summed E-state index contributed by atoms with van der Waals surface area (Å²) in [6.07, 6.45) is 3.91. The quantitative estimate of drug-likeness (QED) is 0.215. The van der Waals surface area contributed by atoms with E-state index >= 15 is 0 Å². The zero-order valence-corrected chi connectivity index (χ0v) is 21.0. The fraction of sp³-hybridized carbons (Fsp3) is 0.185. The first-order chi connectivity index (χ1) is 17.7. The summed E-state index contributed by atoms with van der Waals surface area (Å²) in [5.74, 6) is 0.709. The van der Waals surface area contributed by atoms with Gasteiger partial charge in [0.1, 0.15) is 5.75 Å². The van der Waals surface area contributed by atoms with E-state index in [0.717, 1.165) is 36.4 Å². The molecule has 36 heavy (non-hydrogen) atoms. The van der Waals surface area contributed by atoms with Crippen LogP contribution >= 0.6 is 23.5 Å². The van der Waals surface area contributed by atoms with E-state index in [0.29, 0.717) is 28.1 Å². The number of piperidine rings is 1. The van der Waals surface area contributed by atoms with Crippen LogP contribution in [0.25, 0.3) is 11.3 Å². The summed E-state index contributed by atoms with van der Waals surface area (Å²) in [5.41, 5.74) is 2.05. The number of anilines is 2. The minimum absolute atomic E-state index is 0.122. The molecule has 0 amide bonds. The molecular weight excluding hydrogens is 497 g/mol. The Labute approximate surface area is 218 Å². The van der Waals surface area contributed by atoms with Crippen LogP contribution in [0, 0.1) is 5.82 Å². The molecule has 3 aromatic carbocycles. The van der Waals surface area contributed by atoms with Gasteiger partial charge in [0, 0.05) is 41.0 Å². The average molecular weight is 522 g/mol. The molecule has 6 nitrogen and oxygen atoms in total. The number of ether oxygens (including phenoxy) is 1. The molecule has 9 heteroatoms. The standard InChI is InChI=1S/C27H25ClFN5OS/c28-21-8-2-4-10-26(21)36-34-18-11-12-25(22(29)16-18)35-24-9-3-1-7-20(24)23-13-15-31-27(33-23)32-19-6-5-14-30-17-19/h1-4,7-13,15-16,19,30,34H,5-6,14,17H2,(H,31,32,33). The van der Waals surface area contributed by atoms with Crippen LogP contribution in [0.3, 0.4) is 0 Å². The van der Waals surface area contributed by atoms with Crippen molar-refractivity contribution in [2.24, 2.45) is 0 Å². The number of para-hydroxylation sites is 1. The molecule has 3 N–H and O–H groups in total. The molecule has 184 valence electrons. The number of hydrogen-bond acceptors (Lipinski definition) is 7. The maximum Gasteiger partial charge on any atom is 0.223 e. The Morgan fingerprint density at radius 3 is 2.72 bits per heavy atom. The van der Waals surface area contributed by atoms with Crippen molar-refractivity contribution in [2.75, 3.05) is 23.1 Å². The summed E-state index contributed by atoms with van der Waals surface area (Å²) in [6, 6.07) is 21.8. The van der Waals surface area contributed by atoms with Crippen molar-refractivity contribution < 1.29 is 9.13 Å². The van der Waals surface area contributed by atoms with Gasteiger partial charge in [-0.2, -0.15) is 0 Å². The number of nitrogens with one attached hydrogen (secondary N) is 3. The predicted molar refractivity (Wildman–Crippen MR) is 144 cm³/mol. The van der Waals surface area contributed by atoms with Gasteiger partial charge in [-0.1, -0.05) is 35.9 Å². The van der Waals surface area contributed by atoms with E-state index in [4.69, 9.17) is 16.3 Å². The Hall–Kier alpha value is -3.33. The number of halogens is 2. The van der Waals surface area contributed by atoms with E-state index in [2.05, 4.69) is 25.3 Å². The fourth-order valence-corrected chi connectivity index (χ4v) is 4.83. The number of hydrogen-bond donors (Lipinski definition) is 3. The molecule has 4 aromatic rings. The molecule has 1 saturated heterocycles. The van der Waals surface area contributed by atoms with E-state index < -0.39 is 5.82 Å². The van der Waals surface area contributed by atoms with Crippen LogP contribution in [0.4, 0.5) is 16.0 Å². The molecule has 0 radical (unpaired) electrons. The van der Waals surface area contributed by atoms with Gasteiger partial charge in [-0.25, -0.2) is 14.4 Å². The van der Waals surface area contributed by atoms with Gasteiger partial charge in [0.15, 0.2) is 11.6 Å². The average Bonchev–Trinajstić information content (AvgIpc) is 2.91.